The summed E-state index contributed by atoms with van der Waals surface area (Å²) < 4.78 is 11.2. The van der Waals surface area contributed by atoms with Crippen LogP contribution in [0.1, 0.15) is 41.7 Å². The Bertz CT molecular complexity index is 4880. The number of hydrogen-bond donors (Lipinski definition) is 0. The maximum absolute atomic E-state index is 6.57. The molecule has 0 fully saturated rings. The van der Waals surface area contributed by atoms with Crippen LogP contribution in [0.4, 0.5) is 0 Å². The van der Waals surface area contributed by atoms with Crippen molar-refractivity contribution in [3.8, 4) is 56.3 Å². The van der Waals surface area contributed by atoms with Crippen molar-refractivity contribution in [2.24, 2.45) is 0 Å². The number of para-hydroxylation sites is 3. The summed E-state index contributed by atoms with van der Waals surface area (Å²) in [6.45, 7) is 11.2. The molecule has 79 heavy (non-hydrogen) atoms. The van der Waals surface area contributed by atoms with Gasteiger partial charge in [0.15, 0.2) is 0 Å². The van der Waals surface area contributed by atoms with Crippen LogP contribution in [-0.2, 0) is 26.5 Å². The number of imidazole rings is 1. The van der Waals surface area contributed by atoms with Gasteiger partial charge in [-0.05, 0) is 129 Å². The summed E-state index contributed by atoms with van der Waals surface area (Å²) in [5.41, 5.74) is 21.8. The molecule has 0 atom stereocenters. The van der Waals surface area contributed by atoms with E-state index in [4.69, 9.17) is 19.4 Å². The predicted molar refractivity (Wildman–Crippen MR) is 322 cm³/mol. The van der Waals surface area contributed by atoms with Gasteiger partial charge in [-0.3, -0.25) is 4.57 Å². The van der Waals surface area contributed by atoms with Crippen molar-refractivity contribution < 1.29 is 25.5 Å². The summed E-state index contributed by atoms with van der Waals surface area (Å²) in [7, 11) is 0. The van der Waals surface area contributed by atoms with Gasteiger partial charge in [-0.15, -0.1) is 34.8 Å². The second kappa shape index (κ2) is 18.5. The summed E-state index contributed by atoms with van der Waals surface area (Å²) in [5, 5.41) is 6.60. The van der Waals surface area contributed by atoms with Gasteiger partial charge >= 0.3 is 21.1 Å². The van der Waals surface area contributed by atoms with E-state index < -0.39 is 0 Å². The topological polar surface area (TPSA) is 62.9 Å². The first-order chi connectivity index (χ1) is 38.2. The predicted octanol–water partition coefficient (Wildman–Crippen LogP) is 18.4. The molecule has 0 saturated heterocycles. The second-order valence-electron chi connectivity index (χ2n) is 21.5. The minimum absolute atomic E-state index is 0. The number of benzene rings is 10. The first-order valence-electron chi connectivity index (χ1n) is 26.7. The van der Waals surface area contributed by atoms with Crippen molar-refractivity contribution in [1.29, 1.82) is 0 Å². The average Bonchev–Trinajstić information content (AvgIpc) is 3.83. The van der Waals surface area contributed by atoms with Crippen molar-refractivity contribution in [2.45, 2.75) is 40.0 Å². The zero-order valence-corrected chi connectivity index (χ0v) is 46.5. The van der Waals surface area contributed by atoms with E-state index in [-0.39, 0.29) is 26.5 Å². The Labute approximate surface area is 471 Å². The monoisotopic (exact) mass is 1200 g/mol. The third kappa shape index (κ3) is 7.64. The molecule has 0 unspecified atom stereocenters. The smallest absolute Gasteiger partial charge is 0.656 e. The molecule has 0 saturated carbocycles. The number of pyridine rings is 1. The summed E-state index contributed by atoms with van der Waals surface area (Å²) in [4.78, 5) is 16.4. The quantitative estimate of drug-likeness (QED) is 0.142. The molecule has 380 valence electrons. The van der Waals surface area contributed by atoms with E-state index in [2.05, 4.69) is 250 Å². The number of furan rings is 1. The molecule has 5 heterocycles. The van der Waals surface area contributed by atoms with Crippen LogP contribution in [0.2, 0.25) is 0 Å². The van der Waals surface area contributed by atoms with E-state index in [0.717, 1.165) is 122 Å². The van der Waals surface area contributed by atoms with Crippen LogP contribution in [0.15, 0.2) is 223 Å². The van der Waals surface area contributed by atoms with Gasteiger partial charge in [0.05, 0.1) is 11.0 Å². The Morgan fingerprint density at radius 3 is 2.03 bits per heavy atom. The van der Waals surface area contributed by atoms with E-state index in [1.807, 2.05) is 18.3 Å². The van der Waals surface area contributed by atoms with Crippen LogP contribution >= 0.6 is 0 Å². The maximum atomic E-state index is 6.57. The third-order valence-electron chi connectivity index (χ3n) is 16.3. The van der Waals surface area contributed by atoms with Crippen LogP contribution in [-0.4, -0.2) is 19.1 Å². The fraction of sp³-hybridized carbons (Fsp3) is 0.0833. The Balaban J connectivity index is 0.00000564. The number of nitrogens with zero attached hydrogens (tertiary/aromatic N) is 5. The van der Waals surface area contributed by atoms with Gasteiger partial charge in [0.25, 0.3) is 0 Å². The van der Waals surface area contributed by atoms with E-state index in [1.54, 1.807) is 0 Å². The van der Waals surface area contributed by atoms with E-state index >= 15 is 0 Å². The molecule has 0 aliphatic carbocycles. The van der Waals surface area contributed by atoms with Crippen molar-refractivity contribution in [3.63, 3.8) is 0 Å². The van der Waals surface area contributed by atoms with Crippen molar-refractivity contribution in [2.75, 3.05) is 0 Å². The van der Waals surface area contributed by atoms with Gasteiger partial charge in [0.1, 0.15) is 22.8 Å². The molecular weight excluding hydrogens is 1150 g/mol. The summed E-state index contributed by atoms with van der Waals surface area (Å²) in [6, 6.07) is 79.9. The normalized spacial score (nSPS) is 12.0. The molecule has 15 rings (SSSR count). The number of rotatable bonds is 8. The molecule has 7 heteroatoms. The Kier molecular flexibility index (Phi) is 11.3. The molecule has 0 spiro atoms. The SMILES string of the molecule is Cc1cc(C)c(-c2ccc(-c3nc4c(-c5[c-]c6c(cc5)c5cc7c(cc5n6-c5cc(C(C)(C)c6ccccc6)ccn5)oc5ccccc57)cccc4n3-c3ccc(-c4ccccc4)cc3)c3[n-]c4ccccc4c23)c(C)c1.[Pt+2]. The van der Waals surface area contributed by atoms with E-state index in [1.165, 1.54) is 38.9 Å². The minimum Gasteiger partial charge on any atom is -0.656 e. The van der Waals surface area contributed by atoms with Crippen molar-refractivity contribution >= 4 is 76.6 Å². The minimum atomic E-state index is -0.290. The van der Waals surface area contributed by atoms with Gasteiger partial charge in [0.2, 0.25) is 0 Å². The zero-order valence-electron chi connectivity index (χ0n) is 44.2. The van der Waals surface area contributed by atoms with Gasteiger partial charge in [-0.2, -0.15) is 0 Å². The van der Waals surface area contributed by atoms with Gasteiger partial charge in [0, 0.05) is 45.2 Å². The molecule has 0 bridgehead atoms. The first-order valence-corrected chi connectivity index (χ1v) is 26.7. The molecule has 0 N–H and O–H groups in total. The fourth-order valence-corrected chi connectivity index (χ4v) is 12.6. The Morgan fingerprint density at radius 1 is 0.519 bits per heavy atom. The van der Waals surface area contributed by atoms with E-state index in [0.29, 0.717) is 0 Å². The summed E-state index contributed by atoms with van der Waals surface area (Å²) >= 11 is 0. The first kappa shape index (κ1) is 48.3. The molecule has 0 aliphatic heterocycles. The van der Waals surface area contributed by atoms with Gasteiger partial charge in [-0.1, -0.05) is 182 Å². The average molecular weight is 1200 g/mol. The van der Waals surface area contributed by atoms with Crippen LogP contribution in [0.5, 0.6) is 0 Å². The van der Waals surface area contributed by atoms with E-state index in [9.17, 15) is 0 Å². The van der Waals surface area contributed by atoms with Gasteiger partial charge in [-0.25, -0.2) is 9.97 Å². The Morgan fingerprint density at radius 2 is 1.23 bits per heavy atom. The van der Waals surface area contributed by atoms with Crippen molar-refractivity contribution in [3.05, 3.63) is 252 Å². The fourth-order valence-electron chi connectivity index (χ4n) is 12.6. The molecule has 0 amide bonds. The second-order valence-corrected chi connectivity index (χ2v) is 21.5. The maximum Gasteiger partial charge on any atom is 2.00 e. The number of fused-ring (bicyclic) bond motifs is 10. The largest absolute Gasteiger partial charge is 2.00 e. The summed E-state index contributed by atoms with van der Waals surface area (Å²) in [6.07, 6.45) is 1.94. The van der Waals surface area contributed by atoms with Gasteiger partial charge < -0.3 is 14.0 Å². The number of hydrogen-bond acceptors (Lipinski definition) is 3. The Hall–Kier alpha value is -9.09. The van der Waals surface area contributed by atoms with Crippen LogP contribution in [0.25, 0.3) is 133 Å². The third-order valence-corrected chi connectivity index (χ3v) is 16.3. The molecule has 10 aromatic carbocycles. The molecule has 5 aromatic heterocycles. The number of aromatic nitrogens is 5. The molecular formula is C72H51N5OPt. The van der Waals surface area contributed by atoms with Crippen LogP contribution in [0.3, 0.4) is 0 Å². The standard InChI is InChI=1S/C72H51N5O.Pt/c1-43-37-44(2)67(45(3)38-43)56-33-34-57(70-68(56)55-22-12-14-24-60(55)74-70)71-75-69-52(23-16-25-61(69)76(71)51-30-27-47(28-31-51)46-17-8-6-9-18-46)48-29-32-53-58-41-59-54-21-13-15-26-64(54)78-65(59)42-63(58)77(62(53)39-48)66-40-50(35-36-73-66)72(4,5)49-19-10-7-11-20-49;/h6-38,40-42H,1-5H3;/q-2;+2. The van der Waals surface area contributed by atoms with Crippen molar-refractivity contribution in [1.82, 2.24) is 24.1 Å². The zero-order chi connectivity index (χ0) is 52.4. The molecule has 6 nitrogen and oxygen atoms in total. The molecule has 15 aromatic rings. The summed E-state index contributed by atoms with van der Waals surface area (Å²) in [5.74, 6) is 1.62. The molecule has 0 radical (unpaired) electrons. The van der Waals surface area contributed by atoms with Crippen LogP contribution in [0, 0.1) is 26.8 Å². The molecule has 0 aliphatic rings. The number of aryl methyl sites for hydroxylation is 3. The van der Waals surface area contributed by atoms with Crippen LogP contribution < -0.4 is 4.98 Å².